The molecule has 0 aromatic heterocycles. The Labute approximate surface area is 153 Å². The van der Waals surface area contributed by atoms with Crippen LogP contribution in [0.3, 0.4) is 0 Å². The van der Waals surface area contributed by atoms with E-state index in [1.807, 2.05) is 31.1 Å². The zero-order valence-electron chi connectivity index (χ0n) is 15.0. The normalized spacial score (nSPS) is 26.0. The van der Waals surface area contributed by atoms with Crippen LogP contribution in [0, 0.1) is 11.3 Å². The summed E-state index contributed by atoms with van der Waals surface area (Å²) in [5.74, 6) is -1.68. The van der Waals surface area contributed by atoms with E-state index in [-0.39, 0.29) is 32.1 Å². The van der Waals surface area contributed by atoms with Crippen molar-refractivity contribution >= 4 is 27.6 Å². The number of aliphatic carboxylic acids is 1. The number of carbonyl (C=O) groups is 2. The smallest absolute Gasteiger partial charge is 0.313 e. The van der Waals surface area contributed by atoms with Crippen molar-refractivity contribution in [2.24, 2.45) is 11.3 Å². The molecule has 1 aromatic carbocycles. The van der Waals surface area contributed by atoms with E-state index in [1.54, 1.807) is 12.1 Å². The maximum atomic E-state index is 12.8. The molecule has 2 saturated heterocycles. The third-order valence-electron chi connectivity index (χ3n) is 5.39. The van der Waals surface area contributed by atoms with E-state index in [0.717, 1.165) is 11.9 Å². The van der Waals surface area contributed by atoms with Crippen LogP contribution < -0.4 is 4.90 Å². The highest BCUT2D eigenvalue weighted by atomic mass is 32.2. The van der Waals surface area contributed by atoms with Crippen LogP contribution in [0.25, 0.3) is 0 Å². The van der Waals surface area contributed by atoms with Crippen LogP contribution >= 0.6 is 0 Å². The predicted molar refractivity (Wildman–Crippen MR) is 96.6 cm³/mol. The van der Waals surface area contributed by atoms with Crippen LogP contribution in [0.5, 0.6) is 0 Å². The number of rotatable bonds is 4. The monoisotopic (exact) mass is 381 g/mol. The van der Waals surface area contributed by atoms with Gasteiger partial charge in [0, 0.05) is 57.4 Å². The first-order valence-electron chi connectivity index (χ1n) is 8.30. The van der Waals surface area contributed by atoms with E-state index >= 15 is 0 Å². The van der Waals surface area contributed by atoms with Gasteiger partial charge in [-0.3, -0.25) is 9.59 Å². The number of carboxylic acids is 1. The number of hydrogen-bond acceptors (Lipinski definition) is 5. The Morgan fingerprint density at radius 2 is 1.77 bits per heavy atom. The van der Waals surface area contributed by atoms with Gasteiger partial charge in [-0.1, -0.05) is 0 Å². The van der Waals surface area contributed by atoms with Gasteiger partial charge < -0.3 is 14.9 Å². The first-order chi connectivity index (χ1) is 12.0. The minimum Gasteiger partial charge on any atom is -0.481 e. The summed E-state index contributed by atoms with van der Waals surface area (Å²) in [6.07, 6.45) is 1.08. The minimum absolute atomic E-state index is 0.0211. The van der Waals surface area contributed by atoms with Gasteiger partial charge in [0.2, 0.25) is 10.0 Å². The largest absolute Gasteiger partial charge is 0.481 e. The predicted octanol–water partition coefficient (Wildman–Crippen LogP) is 0.171. The Balaban J connectivity index is 1.81. The quantitative estimate of drug-likeness (QED) is 0.798. The molecule has 142 valence electrons. The molecule has 0 saturated carbocycles. The lowest BCUT2D eigenvalue weighted by Gasteiger charge is -2.24. The van der Waals surface area contributed by atoms with Crippen LogP contribution in [0.15, 0.2) is 24.3 Å². The van der Waals surface area contributed by atoms with Crippen LogP contribution in [-0.4, -0.2) is 81.1 Å². The van der Waals surface area contributed by atoms with Crippen LogP contribution in [0.4, 0.5) is 5.69 Å². The molecule has 3 rings (SSSR count). The molecule has 0 unspecified atom stereocenters. The number of fused-ring (bicyclic) bond motifs is 1. The van der Waals surface area contributed by atoms with Crippen molar-refractivity contribution in [1.29, 1.82) is 0 Å². The number of hydrogen-bond donors (Lipinski definition) is 1. The Kier molecular flexibility index (Phi) is 4.48. The molecule has 0 aliphatic carbocycles. The van der Waals surface area contributed by atoms with E-state index < -0.39 is 27.3 Å². The second-order valence-corrected chi connectivity index (χ2v) is 9.32. The van der Waals surface area contributed by atoms with Crippen molar-refractivity contribution in [3.8, 4) is 0 Å². The molecule has 1 N–H and O–H groups in total. The van der Waals surface area contributed by atoms with E-state index in [2.05, 4.69) is 0 Å². The number of anilines is 1. The van der Waals surface area contributed by atoms with Crippen LogP contribution in [0.1, 0.15) is 10.4 Å². The first-order valence-corrected chi connectivity index (χ1v) is 10.1. The maximum absolute atomic E-state index is 12.8. The average molecular weight is 381 g/mol. The summed E-state index contributed by atoms with van der Waals surface area (Å²) < 4.78 is 24.8. The van der Waals surface area contributed by atoms with Gasteiger partial charge in [-0.2, -0.15) is 0 Å². The van der Waals surface area contributed by atoms with Gasteiger partial charge in [0.1, 0.15) is 5.41 Å². The fraction of sp³-hybridized carbons (Fsp3) is 0.529. The molecule has 2 aliphatic rings. The van der Waals surface area contributed by atoms with Gasteiger partial charge in [0.25, 0.3) is 5.91 Å². The second kappa shape index (κ2) is 6.24. The molecule has 26 heavy (non-hydrogen) atoms. The molecule has 2 fully saturated rings. The lowest BCUT2D eigenvalue weighted by molar-refractivity contribution is -0.148. The lowest BCUT2D eigenvalue weighted by atomic mass is 9.81. The Bertz CT molecular complexity index is 836. The first kappa shape index (κ1) is 18.7. The van der Waals surface area contributed by atoms with E-state index in [4.69, 9.17) is 0 Å². The zero-order valence-corrected chi connectivity index (χ0v) is 15.9. The SMILES string of the molecule is CN(C)c1ccc(C(=O)N2C[C@@H]3CN(S(C)(=O)=O)C[C@]3(C(=O)O)C2)cc1. The zero-order chi connectivity index (χ0) is 19.3. The highest BCUT2D eigenvalue weighted by Gasteiger charge is 2.60. The molecule has 8 nitrogen and oxygen atoms in total. The minimum atomic E-state index is -3.46. The maximum Gasteiger partial charge on any atom is 0.313 e. The summed E-state index contributed by atoms with van der Waals surface area (Å²) >= 11 is 0. The van der Waals surface area contributed by atoms with Gasteiger partial charge in [0.15, 0.2) is 0 Å². The number of benzene rings is 1. The Hall–Kier alpha value is -2.13. The van der Waals surface area contributed by atoms with Crippen molar-refractivity contribution in [1.82, 2.24) is 9.21 Å². The number of sulfonamides is 1. The fourth-order valence-corrected chi connectivity index (χ4v) is 4.73. The van der Waals surface area contributed by atoms with Crippen molar-refractivity contribution in [2.75, 3.05) is 51.4 Å². The molecule has 0 bridgehead atoms. The Morgan fingerprint density at radius 1 is 1.15 bits per heavy atom. The van der Waals surface area contributed by atoms with Gasteiger partial charge in [-0.15, -0.1) is 0 Å². The topological polar surface area (TPSA) is 98.2 Å². The standard InChI is InChI=1S/C17H23N3O5S/c1-18(2)14-6-4-12(5-7-14)15(21)19-8-13-9-20(26(3,24)25)11-17(13,10-19)16(22)23/h4-7,13H,8-11H2,1-3H3,(H,22,23)/t13-,17-/m1/s1. The number of carbonyl (C=O) groups excluding carboxylic acids is 1. The van der Waals surface area contributed by atoms with Crippen molar-refractivity contribution in [2.45, 2.75) is 0 Å². The van der Waals surface area contributed by atoms with Gasteiger partial charge in [0.05, 0.1) is 6.26 Å². The summed E-state index contributed by atoms with van der Waals surface area (Å²) in [6.45, 7) is 0.309. The third-order valence-corrected chi connectivity index (χ3v) is 6.61. The summed E-state index contributed by atoms with van der Waals surface area (Å²) in [6, 6.07) is 7.12. The lowest BCUT2D eigenvalue weighted by Crippen LogP contribution is -2.42. The van der Waals surface area contributed by atoms with Crippen molar-refractivity contribution in [3.05, 3.63) is 29.8 Å². The summed E-state index contributed by atoms with van der Waals surface area (Å²) in [4.78, 5) is 28.2. The summed E-state index contributed by atoms with van der Waals surface area (Å²) in [7, 11) is 0.354. The molecular formula is C17H23N3O5S. The molecule has 2 heterocycles. The third kappa shape index (κ3) is 3.05. The molecule has 0 radical (unpaired) electrons. The number of carboxylic acid groups (broad SMARTS) is 1. The van der Waals surface area contributed by atoms with E-state index in [9.17, 15) is 23.1 Å². The van der Waals surface area contributed by atoms with Gasteiger partial charge in [-0.25, -0.2) is 12.7 Å². The molecule has 0 spiro atoms. The van der Waals surface area contributed by atoms with E-state index in [1.165, 1.54) is 9.21 Å². The molecule has 1 amide bonds. The number of amides is 1. The molecular weight excluding hydrogens is 358 g/mol. The highest BCUT2D eigenvalue weighted by Crippen LogP contribution is 2.44. The summed E-state index contributed by atoms with van der Waals surface area (Å²) in [5, 5.41) is 9.76. The van der Waals surface area contributed by atoms with Crippen LogP contribution in [-0.2, 0) is 14.8 Å². The van der Waals surface area contributed by atoms with Crippen molar-refractivity contribution in [3.63, 3.8) is 0 Å². The fourth-order valence-electron chi connectivity index (χ4n) is 3.81. The Morgan fingerprint density at radius 3 is 2.23 bits per heavy atom. The van der Waals surface area contributed by atoms with Crippen LogP contribution in [0.2, 0.25) is 0 Å². The summed E-state index contributed by atoms with van der Waals surface area (Å²) in [5.41, 5.74) is 0.226. The number of likely N-dealkylation sites (tertiary alicyclic amines) is 1. The van der Waals surface area contributed by atoms with Gasteiger partial charge >= 0.3 is 5.97 Å². The second-order valence-electron chi connectivity index (χ2n) is 7.34. The average Bonchev–Trinajstić information content (AvgIpc) is 3.09. The van der Waals surface area contributed by atoms with Crippen molar-refractivity contribution < 1.29 is 23.1 Å². The van der Waals surface area contributed by atoms with Gasteiger partial charge in [-0.05, 0) is 24.3 Å². The van der Waals surface area contributed by atoms with E-state index in [0.29, 0.717) is 5.56 Å². The number of nitrogens with zero attached hydrogens (tertiary/aromatic N) is 3. The molecule has 1 aromatic rings. The molecule has 2 atom stereocenters. The molecule has 2 aliphatic heterocycles. The molecule has 9 heteroatoms. The highest BCUT2D eigenvalue weighted by molar-refractivity contribution is 7.88.